The van der Waals surface area contributed by atoms with E-state index in [0.717, 1.165) is 5.56 Å². The van der Waals surface area contributed by atoms with Gasteiger partial charge >= 0.3 is 0 Å². The fourth-order valence-electron chi connectivity index (χ4n) is 1.02. The highest BCUT2D eigenvalue weighted by Crippen LogP contribution is 2.09. The number of halogens is 2. The van der Waals surface area contributed by atoms with Gasteiger partial charge < -0.3 is 5.32 Å². The lowest BCUT2D eigenvalue weighted by Crippen LogP contribution is -2.28. The fraction of sp³-hybridized carbons (Fsp3) is 0.200. The van der Waals surface area contributed by atoms with Crippen molar-refractivity contribution in [1.82, 2.24) is 5.32 Å². The minimum atomic E-state index is -0.584. The number of hydrogen-bond donors (Lipinski definition) is 1. The molecule has 5 heteroatoms. The van der Waals surface area contributed by atoms with Crippen LogP contribution in [-0.4, -0.2) is 17.7 Å². The molecule has 0 heterocycles. The molecular formula is C10H9Cl2NO2. The molecule has 1 N–H and O–H groups in total. The average Bonchev–Trinajstić information content (AvgIpc) is 2.19. The molecule has 0 aliphatic heterocycles. The van der Waals surface area contributed by atoms with Crippen molar-refractivity contribution in [2.24, 2.45) is 0 Å². The zero-order chi connectivity index (χ0) is 11.3. The molecule has 0 radical (unpaired) electrons. The van der Waals surface area contributed by atoms with Crippen LogP contribution in [0.15, 0.2) is 24.3 Å². The Balaban J connectivity index is 2.44. The molecule has 1 amide bonds. The summed E-state index contributed by atoms with van der Waals surface area (Å²) in [4.78, 5) is 21.6. The summed E-state index contributed by atoms with van der Waals surface area (Å²) in [6, 6.07) is 6.92. The molecule has 0 aliphatic carbocycles. The van der Waals surface area contributed by atoms with Crippen molar-refractivity contribution in [3.8, 4) is 0 Å². The Morgan fingerprint density at radius 3 is 2.33 bits per heavy atom. The number of rotatable bonds is 4. The van der Waals surface area contributed by atoms with Gasteiger partial charge in [0.2, 0.25) is 11.1 Å². The highest BCUT2D eigenvalue weighted by Gasteiger charge is 2.04. The minimum Gasteiger partial charge on any atom is -0.347 e. The van der Waals surface area contributed by atoms with E-state index in [1.165, 1.54) is 0 Å². The van der Waals surface area contributed by atoms with E-state index in [9.17, 15) is 9.59 Å². The Labute approximate surface area is 97.4 Å². The number of nitrogens with one attached hydrogen (secondary N) is 1. The van der Waals surface area contributed by atoms with Crippen molar-refractivity contribution >= 4 is 34.4 Å². The van der Waals surface area contributed by atoms with E-state index in [1.807, 2.05) is 0 Å². The van der Waals surface area contributed by atoms with Crippen molar-refractivity contribution in [3.63, 3.8) is 0 Å². The van der Waals surface area contributed by atoms with Gasteiger partial charge in [0.1, 0.15) is 0 Å². The molecule has 3 nitrogen and oxygen atoms in total. The molecule has 0 aromatic heterocycles. The molecule has 0 unspecified atom stereocenters. The summed E-state index contributed by atoms with van der Waals surface area (Å²) in [5, 5.41) is 2.43. The van der Waals surface area contributed by atoms with Gasteiger partial charge in [-0.15, -0.1) is 0 Å². The fourth-order valence-corrected chi connectivity index (χ4v) is 1.21. The van der Waals surface area contributed by atoms with Gasteiger partial charge in [-0.05, 0) is 29.3 Å². The van der Waals surface area contributed by atoms with Gasteiger partial charge in [0.25, 0.3) is 0 Å². The number of benzene rings is 1. The Morgan fingerprint density at radius 1 is 1.20 bits per heavy atom. The molecule has 15 heavy (non-hydrogen) atoms. The van der Waals surface area contributed by atoms with Gasteiger partial charge in [0.15, 0.2) is 0 Å². The molecule has 1 rings (SSSR count). The maximum absolute atomic E-state index is 11.2. The molecule has 1 aromatic rings. The zero-order valence-electron chi connectivity index (χ0n) is 7.80. The van der Waals surface area contributed by atoms with Crippen LogP contribution in [0.1, 0.15) is 5.56 Å². The van der Waals surface area contributed by atoms with Crippen molar-refractivity contribution < 1.29 is 9.59 Å². The number of hydrogen-bond acceptors (Lipinski definition) is 2. The van der Waals surface area contributed by atoms with Gasteiger partial charge in [-0.1, -0.05) is 23.7 Å². The Hall–Kier alpha value is -1.06. The van der Waals surface area contributed by atoms with Crippen LogP contribution in [0.4, 0.5) is 0 Å². The van der Waals surface area contributed by atoms with Crippen LogP contribution in [0.3, 0.4) is 0 Å². The monoisotopic (exact) mass is 245 g/mol. The van der Waals surface area contributed by atoms with E-state index >= 15 is 0 Å². The lowest BCUT2D eigenvalue weighted by atomic mass is 10.1. The minimum absolute atomic E-state index is 0.145. The van der Waals surface area contributed by atoms with Gasteiger partial charge in [-0.2, -0.15) is 0 Å². The summed E-state index contributed by atoms with van der Waals surface area (Å²) in [5.74, 6) is -0.244. The van der Waals surface area contributed by atoms with Gasteiger partial charge in [-0.3, -0.25) is 9.59 Å². The summed E-state index contributed by atoms with van der Waals surface area (Å²) in [6.45, 7) is -0.145. The highest BCUT2D eigenvalue weighted by atomic mass is 35.5. The predicted molar refractivity (Wildman–Crippen MR) is 59.0 cm³/mol. The zero-order valence-corrected chi connectivity index (χ0v) is 9.31. The third-order valence-corrected chi connectivity index (χ3v) is 2.09. The molecule has 80 valence electrons. The smallest absolute Gasteiger partial charge is 0.240 e. The van der Waals surface area contributed by atoms with Crippen LogP contribution < -0.4 is 5.32 Å². The van der Waals surface area contributed by atoms with Crippen LogP contribution >= 0.6 is 23.2 Å². The van der Waals surface area contributed by atoms with Crippen LogP contribution in [0.2, 0.25) is 5.02 Å². The lowest BCUT2D eigenvalue weighted by Gasteiger charge is -2.02. The first-order valence-corrected chi connectivity index (χ1v) is 5.03. The van der Waals surface area contributed by atoms with E-state index in [0.29, 0.717) is 5.02 Å². The van der Waals surface area contributed by atoms with Crippen molar-refractivity contribution in [2.75, 3.05) is 6.54 Å². The molecule has 0 spiro atoms. The average molecular weight is 246 g/mol. The van der Waals surface area contributed by atoms with Crippen molar-refractivity contribution in [1.29, 1.82) is 0 Å². The van der Waals surface area contributed by atoms with Gasteiger partial charge in [0.05, 0.1) is 13.0 Å². The molecule has 0 aliphatic rings. The van der Waals surface area contributed by atoms with E-state index < -0.39 is 5.24 Å². The summed E-state index contributed by atoms with van der Waals surface area (Å²) in [5.41, 5.74) is 0.832. The second-order valence-corrected chi connectivity index (χ2v) is 3.79. The Kier molecular flexibility index (Phi) is 4.59. The Bertz CT molecular complexity index is 362. The molecule has 0 atom stereocenters. The predicted octanol–water partition coefficient (Wildman–Crippen LogP) is 1.76. The number of amides is 1. The maximum atomic E-state index is 11.2. The van der Waals surface area contributed by atoms with E-state index in [-0.39, 0.29) is 18.9 Å². The highest BCUT2D eigenvalue weighted by molar-refractivity contribution is 6.64. The van der Waals surface area contributed by atoms with Gasteiger partial charge in [0, 0.05) is 5.02 Å². The first kappa shape index (κ1) is 12.0. The summed E-state index contributed by atoms with van der Waals surface area (Å²) in [7, 11) is 0. The van der Waals surface area contributed by atoms with Crippen LogP contribution in [0.25, 0.3) is 0 Å². The number of carbonyl (C=O) groups is 2. The maximum Gasteiger partial charge on any atom is 0.240 e. The SMILES string of the molecule is O=C(Cl)CNC(=O)Cc1ccc(Cl)cc1. The normalized spacial score (nSPS) is 9.73. The molecule has 0 saturated heterocycles. The Morgan fingerprint density at radius 2 is 1.80 bits per heavy atom. The molecule has 0 bridgehead atoms. The van der Waals surface area contributed by atoms with E-state index in [1.54, 1.807) is 24.3 Å². The van der Waals surface area contributed by atoms with Crippen LogP contribution in [0, 0.1) is 0 Å². The molecular weight excluding hydrogens is 237 g/mol. The topological polar surface area (TPSA) is 46.2 Å². The van der Waals surface area contributed by atoms with Crippen LogP contribution in [-0.2, 0) is 16.0 Å². The summed E-state index contributed by atoms with van der Waals surface area (Å²) >= 11 is 10.8. The van der Waals surface area contributed by atoms with E-state index in [4.69, 9.17) is 23.2 Å². The van der Waals surface area contributed by atoms with Crippen molar-refractivity contribution in [3.05, 3.63) is 34.9 Å². The van der Waals surface area contributed by atoms with Crippen molar-refractivity contribution in [2.45, 2.75) is 6.42 Å². The number of carbonyl (C=O) groups excluding carboxylic acids is 2. The molecule has 1 aromatic carbocycles. The quantitative estimate of drug-likeness (QED) is 0.823. The third kappa shape index (κ3) is 4.81. The molecule has 0 fully saturated rings. The second-order valence-electron chi connectivity index (χ2n) is 2.94. The van der Waals surface area contributed by atoms with E-state index in [2.05, 4.69) is 5.32 Å². The van der Waals surface area contributed by atoms with Crippen LogP contribution in [0.5, 0.6) is 0 Å². The van der Waals surface area contributed by atoms with Gasteiger partial charge in [-0.25, -0.2) is 0 Å². The lowest BCUT2D eigenvalue weighted by molar-refractivity contribution is -0.122. The molecule has 0 saturated carbocycles. The first-order valence-electron chi connectivity index (χ1n) is 4.27. The third-order valence-electron chi connectivity index (χ3n) is 1.70. The summed E-state index contributed by atoms with van der Waals surface area (Å²) in [6.07, 6.45) is 0.210. The largest absolute Gasteiger partial charge is 0.347 e. The standard InChI is InChI=1S/C10H9Cl2NO2/c11-8-3-1-7(2-4-8)5-10(15)13-6-9(12)14/h1-4H,5-6H2,(H,13,15). The first-order chi connectivity index (χ1) is 7.08. The second kappa shape index (κ2) is 5.73. The summed E-state index contributed by atoms with van der Waals surface area (Å²) < 4.78 is 0.